The van der Waals surface area contributed by atoms with Gasteiger partial charge in [0.25, 0.3) is 0 Å². The van der Waals surface area contributed by atoms with E-state index in [1.165, 1.54) is 29.5 Å². The molecule has 1 N–H and O–H groups in total. The van der Waals surface area contributed by atoms with Gasteiger partial charge in [0.2, 0.25) is 0 Å². The first kappa shape index (κ1) is 18.2. The molecule has 1 heteroatoms. The van der Waals surface area contributed by atoms with Crippen molar-refractivity contribution in [1.82, 2.24) is 5.32 Å². The predicted octanol–water partition coefficient (Wildman–Crippen LogP) is 6.02. The number of benzene rings is 1. The zero-order valence-corrected chi connectivity index (χ0v) is 15.2. The van der Waals surface area contributed by atoms with Crippen LogP contribution in [-0.2, 0) is 0 Å². The van der Waals surface area contributed by atoms with Crippen LogP contribution in [0.5, 0.6) is 0 Å². The molecular formula is C20H35N. The Balaban J connectivity index is 3.22. The molecule has 0 saturated carbocycles. The Kier molecular flexibility index (Phi) is 7.45. The average Bonchev–Trinajstić information content (AvgIpc) is 2.46. The lowest BCUT2D eigenvalue weighted by Gasteiger charge is -2.29. The van der Waals surface area contributed by atoms with Gasteiger partial charge >= 0.3 is 0 Å². The van der Waals surface area contributed by atoms with E-state index in [1.807, 2.05) is 0 Å². The minimum atomic E-state index is 0.480. The van der Waals surface area contributed by atoms with Crippen LogP contribution in [0.25, 0.3) is 0 Å². The van der Waals surface area contributed by atoms with Gasteiger partial charge in [0.1, 0.15) is 0 Å². The van der Waals surface area contributed by atoms with Gasteiger partial charge < -0.3 is 5.32 Å². The topological polar surface area (TPSA) is 12.0 Å². The Morgan fingerprint density at radius 1 is 0.905 bits per heavy atom. The third kappa shape index (κ3) is 4.85. The molecule has 0 spiro atoms. The summed E-state index contributed by atoms with van der Waals surface area (Å²) >= 11 is 0. The zero-order chi connectivity index (χ0) is 16.0. The lowest BCUT2D eigenvalue weighted by Crippen LogP contribution is -2.28. The molecule has 120 valence electrons. The number of hydrogen-bond acceptors (Lipinski definition) is 1. The maximum Gasteiger partial charge on any atom is 0.0348 e. The van der Waals surface area contributed by atoms with Gasteiger partial charge in [0.15, 0.2) is 0 Å². The maximum atomic E-state index is 3.78. The van der Waals surface area contributed by atoms with E-state index < -0.39 is 0 Å². The average molecular weight is 290 g/mol. The fraction of sp³-hybridized carbons (Fsp3) is 0.700. The van der Waals surface area contributed by atoms with Crippen LogP contribution in [0.15, 0.2) is 18.2 Å². The van der Waals surface area contributed by atoms with Gasteiger partial charge in [-0.15, -0.1) is 0 Å². The first-order valence-corrected chi connectivity index (χ1v) is 8.79. The first-order chi connectivity index (χ1) is 9.92. The standard InChI is InChI=1S/C20H35N/c1-8-12-21-20(16(7)9-2)18-11-10-17(14(3)4)13-19(18)15(5)6/h10-11,13-16,20-21H,8-9,12H2,1-7H3. The van der Waals surface area contributed by atoms with E-state index in [-0.39, 0.29) is 0 Å². The van der Waals surface area contributed by atoms with E-state index in [4.69, 9.17) is 0 Å². The van der Waals surface area contributed by atoms with Crippen molar-refractivity contribution in [2.75, 3.05) is 6.54 Å². The summed E-state index contributed by atoms with van der Waals surface area (Å²) in [6.07, 6.45) is 2.40. The SMILES string of the molecule is CCCNC(c1ccc(C(C)C)cc1C(C)C)C(C)CC. The molecule has 1 aromatic rings. The molecular weight excluding hydrogens is 254 g/mol. The molecule has 0 fully saturated rings. The molecule has 2 atom stereocenters. The highest BCUT2D eigenvalue weighted by Crippen LogP contribution is 2.33. The summed E-state index contributed by atoms with van der Waals surface area (Å²) in [6, 6.07) is 7.63. The van der Waals surface area contributed by atoms with Crippen molar-refractivity contribution >= 4 is 0 Å². The van der Waals surface area contributed by atoms with E-state index in [0.29, 0.717) is 23.8 Å². The molecule has 0 amide bonds. The molecule has 0 saturated heterocycles. The molecule has 0 radical (unpaired) electrons. The van der Waals surface area contributed by atoms with Crippen LogP contribution in [0, 0.1) is 5.92 Å². The van der Waals surface area contributed by atoms with Gasteiger partial charge in [-0.05, 0) is 47.4 Å². The predicted molar refractivity (Wildman–Crippen MR) is 95.1 cm³/mol. The molecule has 1 aromatic carbocycles. The van der Waals surface area contributed by atoms with Crippen molar-refractivity contribution < 1.29 is 0 Å². The molecule has 0 heterocycles. The minimum Gasteiger partial charge on any atom is -0.310 e. The molecule has 0 aliphatic rings. The van der Waals surface area contributed by atoms with Gasteiger partial charge in [-0.1, -0.05) is 73.1 Å². The zero-order valence-electron chi connectivity index (χ0n) is 15.2. The van der Waals surface area contributed by atoms with E-state index >= 15 is 0 Å². The summed E-state index contributed by atoms with van der Waals surface area (Å²) in [5.41, 5.74) is 4.49. The quantitative estimate of drug-likeness (QED) is 0.617. The van der Waals surface area contributed by atoms with E-state index in [2.05, 4.69) is 72.0 Å². The summed E-state index contributed by atoms with van der Waals surface area (Å²) in [6.45, 7) is 17.2. The highest BCUT2D eigenvalue weighted by molar-refractivity contribution is 5.38. The smallest absolute Gasteiger partial charge is 0.0348 e. The Bertz CT molecular complexity index is 420. The van der Waals surface area contributed by atoms with E-state index in [1.54, 1.807) is 0 Å². The Labute approximate surface area is 132 Å². The highest BCUT2D eigenvalue weighted by atomic mass is 14.9. The summed E-state index contributed by atoms with van der Waals surface area (Å²) in [5, 5.41) is 3.78. The Morgan fingerprint density at radius 2 is 1.57 bits per heavy atom. The molecule has 2 unspecified atom stereocenters. The molecule has 0 aromatic heterocycles. The second-order valence-corrected chi connectivity index (χ2v) is 7.02. The highest BCUT2D eigenvalue weighted by Gasteiger charge is 2.21. The summed E-state index contributed by atoms with van der Waals surface area (Å²) in [5.74, 6) is 1.84. The maximum absolute atomic E-state index is 3.78. The van der Waals surface area contributed by atoms with Gasteiger partial charge in [0, 0.05) is 6.04 Å². The van der Waals surface area contributed by atoms with E-state index in [9.17, 15) is 0 Å². The van der Waals surface area contributed by atoms with E-state index in [0.717, 1.165) is 6.54 Å². The lowest BCUT2D eigenvalue weighted by molar-refractivity contribution is 0.374. The molecule has 21 heavy (non-hydrogen) atoms. The van der Waals surface area contributed by atoms with Crippen molar-refractivity contribution in [2.45, 2.75) is 79.2 Å². The first-order valence-electron chi connectivity index (χ1n) is 8.79. The van der Waals surface area contributed by atoms with Crippen molar-refractivity contribution in [3.05, 3.63) is 34.9 Å². The third-order valence-electron chi connectivity index (χ3n) is 4.56. The van der Waals surface area contributed by atoms with Crippen LogP contribution in [-0.4, -0.2) is 6.54 Å². The van der Waals surface area contributed by atoms with Crippen molar-refractivity contribution in [2.24, 2.45) is 5.92 Å². The Morgan fingerprint density at radius 3 is 2.05 bits per heavy atom. The van der Waals surface area contributed by atoms with Crippen LogP contribution in [0.4, 0.5) is 0 Å². The number of rotatable bonds is 8. The van der Waals surface area contributed by atoms with Crippen LogP contribution < -0.4 is 5.32 Å². The minimum absolute atomic E-state index is 0.480. The van der Waals surface area contributed by atoms with Gasteiger partial charge in [0.05, 0.1) is 0 Å². The monoisotopic (exact) mass is 289 g/mol. The van der Waals surface area contributed by atoms with Gasteiger partial charge in [-0.3, -0.25) is 0 Å². The molecule has 0 aliphatic heterocycles. The van der Waals surface area contributed by atoms with Gasteiger partial charge in [-0.2, -0.15) is 0 Å². The normalized spacial score (nSPS) is 14.7. The van der Waals surface area contributed by atoms with Crippen LogP contribution in [0.3, 0.4) is 0 Å². The number of hydrogen-bond donors (Lipinski definition) is 1. The summed E-state index contributed by atoms with van der Waals surface area (Å²) in [4.78, 5) is 0. The fourth-order valence-corrected chi connectivity index (χ4v) is 2.89. The summed E-state index contributed by atoms with van der Waals surface area (Å²) < 4.78 is 0. The largest absolute Gasteiger partial charge is 0.310 e. The molecule has 1 rings (SSSR count). The summed E-state index contributed by atoms with van der Waals surface area (Å²) in [7, 11) is 0. The lowest BCUT2D eigenvalue weighted by atomic mass is 9.84. The third-order valence-corrected chi connectivity index (χ3v) is 4.56. The number of nitrogens with one attached hydrogen (secondary N) is 1. The second kappa shape index (κ2) is 8.58. The van der Waals surface area contributed by atoms with Gasteiger partial charge in [-0.25, -0.2) is 0 Å². The van der Waals surface area contributed by atoms with Crippen molar-refractivity contribution in [3.63, 3.8) is 0 Å². The van der Waals surface area contributed by atoms with Crippen molar-refractivity contribution in [1.29, 1.82) is 0 Å². The van der Waals surface area contributed by atoms with Crippen LogP contribution in [0.1, 0.15) is 95.9 Å². The second-order valence-electron chi connectivity index (χ2n) is 7.02. The Hall–Kier alpha value is -0.820. The molecule has 0 bridgehead atoms. The molecule has 0 aliphatic carbocycles. The van der Waals surface area contributed by atoms with Crippen molar-refractivity contribution in [3.8, 4) is 0 Å². The van der Waals surface area contributed by atoms with Crippen LogP contribution >= 0.6 is 0 Å². The molecule has 1 nitrogen and oxygen atoms in total. The fourth-order valence-electron chi connectivity index (χ4n) is 2.89. The van der Waals surface area contributed by atoms with Crippen LogP contribution in [0.2, 0.25) is 0 Å².